The minimum atomic E-state index is -0.355. The van der Waals surface area contributed by atoms with Gasteiger partial charge in [0, 0.05) is 62.6 Å². The maximum Gasteiger partial charge on any atom is 0.253 e. The summed E-state index contributed by atoms with van der Waals surface area (Å²) in [7, 11) is 0. The Kier molecular flexibility index (Phi) is 8.94. The van der Waals surface area contributed by atoms with Gasteiger partial charge in [0.2, 0.25) is 11.1 Å². The van der Waals surface area contributed by atoms with Crippen molar-refractivity contribution < 1.29 is 14.0 Å². The fraction of sp³-hybridized carbons (Fsp3) is 0.367. The Morgan fingerprint density at radius 1 is 0.951 bits per heavy atom. The summed E-state index contributed by atoms with van der Waals surface area (Å²) in [5.41, 5.74) is 5.99. The molecule has 0 aliphatic carbocycles. The first-order valence-corrected chi connectivity index (χ1v) is 14.7. The topological polar surface area (TPSA) is 95.7 Å². The van der Waals surface area contributed by atoms with Crippen LogP contribution in [-0.4, -0.2) is 86.2 Å². The molecule has 4 aromatic rings. The number of amides is 2. The molecule has 3 heterocycles. The summed E-state index contributed by atoms with van der Waals surface area (Å²) in [4.78, 5) is 38.3. The van der Waals surface area contributed by atoms with E-state index in [1.165, 1.54) is 47.2 Å². The van der Waals surface area contributed by atoms with E-state index in [-0.39, 0.29) is 23.4 Å². The van der Waals surface area contributed by atoms with Gasteiger partial charge in [0.05, 0.1) is 5.75 Å². The minimum absolute atomic E-state index is 0.0834. The molecule has 214 valence electrons. The van der Waals surface area contributed by atoms with Gasteiger partial charge in [-0.15, -0.1) is 5.10 Å². The summed E-state index contributed by atoms with van der Waals surface area (Å²) in [5.74, 6) is 0.225. The molecule has 2 amide bonds. The molecule has 0 bridgehead atoms. The number of hydrogen-bond donors (Lipinski definition) is 1. The highest BCUT2D eigenvalue weighted by Crippen LogP contribution is 2.21. The van der Waals surface area contributed by atoms with Gasteiger partial charge in [-0.05, 0) is 56.2 Å². The van der Waals surface area contributed by atoms with Gasteiger partial charge in [0.1, 0.15) is 5.82 Å². The predicted octanol–water partition coefficient (Wildman–Crippen LogP) is 3.45. The number of halogens is 1. The van der Waals surface area contributed by atoms with E-state index >= 15 is 0 Å². The smallest absolute Gasteiger partial charge is 0.253 e. The third-order valence-corrected chi connectivity index (χ3v) is 8.20. The number of benzene rings is 2. The van der Waals surface area contributed by atoms with Crippen LogP contribution in [0.3, 0.4) is 0 Å². The van der Waals surface area contributed by atoms with Gasteiger partial charge in [-0.3, -0.25) is 14.5 Å². The lowest BCUT2D eigenvalue weighted by Gasteiger charge is -2.34. The van der Waals surface area contributed by atoms with Crippen LogP contribution in [0.1, 0.15) is 38.4 Å². The number of carbonyl (C=O) groups excluding carboxylic acids is 2. The van der Waals surface area contributed by atoms with Crippen molar-refractivity contribution in [3.05, 3.63) is 88.0 Å². The molecule has 11 heteroatoms. The molecule has 9 nitrogen and oxygen atoms in total. The molecule has 0 radical (unpaired) electrons. The molecule has 5 rings (SSSR count). The molecule has 1 aliphatic heterocycles. The average Bonchev–Trinajstić information content (AvgIpc) is 3.38. The Labute approximate surface area is 243 Å². The number of fused-ring (bicyclic) bond motifs is 1. The van der Waals surface area contributed by atoms with Crippen molar-refractivity contribution in [1.29, 1.82) is 0 Å². The number of hydrogen-bond acceptors (Lipinski definition) is 7. The number of thioether (sulfide) groups is 1. The van der Waals surface area contributed by atoms with E-state index in [0.717, 1.165) is 36.5 Å². The maximum atomic E-state index is 13.1. The Hall–Kier alpha value is -3.83. The summed E-state index contributed by atoms with van der Waals surface area (Å²) >= 11 is 1.29. The van der Waals surface area contributed by atoms with Gasteiger partial charge in [0.15, 0.2) is 0 Å². The van der Waals surface area contributed by atoms with Crippen molar-refractivity contribution in [3.63, 3.8) is 0 Å². The van der Waals surface area contributed by atoms with Gasteiger partial charge < -0.3 is 10.2 Å². The van der Waals surface area contributed by atoms with Crippen molar-refractivity contribution in [2.24, 2.45) is 0 Å². The standard InChI is InChI=1S/C30H34FN7O2S/c1-20-4-6-23(7-5-20)18-26-21(2)33-29-34-30(35-38(29)22(26)3)41-19-27(39)32-12-13-36-14-16-37(17-15-36)28(40)24-8-10-25(31)11-9-24/h4-11H,12-19H2,1-3H3,(H,32,39). The van der Waals surface area contributed by atoms with Crippen LogP contribution in [0.2, 0.25) is 0 Å². The van der Waals surface area contributed by atoms with E-state index < -0.39 is 0 Å². The van der Waals surface area contributed by atoms with Gasteiger partial charge in [-0.2, -0.15) is 4.98 Å². The van der Waals surface area contributed by atoms with Crippen LogP contribution in [0, 0.1) is 26.6 Å². The molecule has 41 heavy (non-hydrogen) atoms. The summed E-state index contributed by atoms with van der Waals surface area (Å²) in [6.07, 6.45) is 0.769. The number of nitrogens with zero attached hydrogens (tertiary/aromatic N) is 6. The first kappa shape index (κ1) is 28.7. The van der Waals surface area contributed by atoms with Crippen LogP contribution in [0.15, 0.2) is 53.7 Å². The van der Waals surface area contributed by atoms with Crippen molar-refractivity contribution in [3.8, 4) is 0 Å². The van der Waals surface area contributed by atoms with E-state index in [1.54, 1.807) is 9.42 Å². The minimum Gasteiger partial charge on any atom is -0.354 e. The normalized spacial score (nSPS) is 14.0. The van der Waals surface area contributed by atoms with Crippen LogP contribution in [0.4, 0.5) is 4.39 Å². The highest BCUT2D eigenvalue weighted by atomic mass is 32.2. The molecule has 1 saturated heterocycles. The summed E-state index contributed by atoms with van der Waals surface area (Å²) in [6.45, 7) is 9.96. The molecule has 1 fully saturated rings. The summed E-state index contributed by atoms with van der Waals surface area (Å²) in [6, 6.07) is 14.1. The third kappa shape index (κ3) is 7.09. The van der Waals surface area contributed by atoms with E-state index in [2.05, 4.69) is 56.5 Å². The number of carbonyl (C=O) groups is 2. The fourth-order valence-corrected chi connectivity index (χ4v) is 5.55. The highest BCUT2D eigenvalue weighted by molar-refractivity contribution is 7.99. The van der Waals surface area contributed by atoms with E-state index in [0.29, 0.717) is 42.7 Å². The monoisotopic (exact) mass is 575 g/mol. The van der Waals surface area contributed by atoms with Crippen LogP contribution in [-0.2, 0) is 11.2 Å². The van der Waals surface area contributed by atoms with Crippen LogP contribution >= 0.6 is 11.8 Å². The quantitative estimate of drug-likeness (QED) is 0.306. The SMILES string of the molecule is Cc1ccc(Cc2c(C)nc3nc(SCC(=O)NCCN4CCN(C(=O)c5ccc(F)cc5)CC4)nn3c2C)cc1. The first-order valence-electron chi connectivity index (χ1n) is 13.7. The van der Waals surface area contributed by atoms with Crippen molar-refractivity contribution >= 4 is 29.4 Å². The molecule has 0 saturated carbocycles. The molecule has 1 N–H and O–H groups in total. The lowest BCUT2D eigenvalue weighted by molar-refractivity contribution is -0.118. The van der Waals surface area contributed by atoms with Crippen molar-refractivity contribution in [2.75, 3.05) is 45.0 Å². The van der Waals surface area contributed by atoms with Crippen LogP contribution in [0.25, 0.3) is 5.78 Å². The van der Waals surface area contributed by atoms with E-state index in [9.17, 15) is 14.0 Å². The Bertz CT molecular complexity index is 1530. The van der Waals surface area contributed by atoms with Gasteiger partial charge in [-0.25, -0.2) is 13.9 Å². The Balaban J connectivity index is 1.07. The molecular formula is C30H34FN7O2S. The zero-order chi connectivity index (χ0) is 28.9. The molecular weight excluding hydrogens is 541 g/mol. The van der Waals surface area contributed by atoms with Crippen molar-refractivity contribution in [1.82, 2.24) is 34.7 Å². The Morgan fingerprint density at radius 2 is 1.66 bits per heavy atom. The first-order chi connectivity index (χ1) is 19.8. The summed E-state index contributed by atoms with van der Waals surface area (Å²) in [5, 5.41) is 8.09. The third-order valence-electron chi connectivity index (χ3n) is 7.36. The number of nitrogens with one attached hydrogen (secondary N) is 1. The zero-order valence-electron chi connectivity index (χ0n) is 23.6. The molecule has 0 spiro atoms. The van der Waals surface area contributed by atoms with Crippen LogP contribution < -0.4 is 5.32 Å². The zero-order valence-corrected chi connectivity index (χ0v) is 24.4. The van der Waals surface area contributed by atoms with Crippen LogP contribution in [0.5, 0.6) is 0 Å². The number of rotatable bonds is 9. The predicted molar refractivity (Wildman–Crippen MR) is 157 cm³/mol. The molecule has 0 atom stereocenters. The van der Waals surface area contributed by atoms with Gasteiger partial charge in [-0.1, -0.05) is 41.6 Å². The number of piperazine rings is 1. The molecule has 2 aromatic carbocycles. The second-order valence-electron chi connectivity index (χ2n) is 10.3. The molecule has 0 unspecified atom stereocenters. The number of aromatic nitrogens is 4. The second-order valence-corrected chi connectivity index (χ2v) is 11.3. The highest BCUT2D eigenvalue weighted by Gasteiger charge is 2.22. The largest absolute Gasteiger partial charge is 0.354 e. The number of aryl methyl sites for hydroxylation is 3. The van der Waals surface area contributed by atoms with E-state index in [4.69, 9.17) is 0 Å². The fourth-order valence-electron chi connectivity index (χ4n) is 4.90. The van der Waals surface area contributed by atoms with Crippen molar-refractivity contribution in [2.45, 2.75) is 32.3 Å². The van der Waals surface area contributed by atoms with Gasteiger partial charge in [0.25, 0.3) is 11.7 Å². The maximum absolute atomic E-state index is 13.1. The molecule has 1 aliphatic rings. The second kappa shape index (κ2) is 12.8. The molecule has 2 aromatic heterocycles. The average molecular weight is 576 g/mol. The van der Waals surface area contributed by atoms with Gasteiger partial charge >= 0.3 is 0 Å². The summed E-state index contributed by atoms with van der Waals surface area (Å²) < 4.78 is 14.9. The lowest BCUT2D eigenvalue weighted by Crippen LogP contribution is -2.50. The Morgan fingerprint density at radius 3 is 2.37 bits per heavy atom. The van der Waals surface area contributed by atoms with E-state index in [1.807, 2.05) is 13.8 Å². The lowest BCUT2D eigenvalue weighted by atomic mass is 10.0.